The predicted molar refractivity (Wildman–Crippen MR) is 68.9 cm³/mol. The number of carbonyl (C=O) groups is 2. The molecule has 2 aliphatic rings. The minimum absolute atomic E-state index is 0.0219. The molecule has 1 fully saturated rings. The van der Waals surface area contributed by atoms with E-state index in [1.807, 2.05) is 0 Å². The summed E-state index contributed by atoms with van der Waals surface area (Å²) in [5.74, 6) is -0.846. The van der Waals surface area contributed by atoms with Gasteiger partial charge >= 0.3 is 6.36 Å². The van der Waals surface area contributed by atoms with Gasteiger partial charge < -0.3 is 0 Å². The summed E-state index contributed by atoms with van der Waals surface area (Å²) in [7, 11) is 0. The van der Waals surface area contributed by atoms with Crippen molar-refractivity contribution in [2.45, 2.75) is 25.6 Å². The van der Waals surface area contributed by atoms with E-state index < -0.39 is 30.4 Å². The van der Waals surface area contributed by atoms with E-state index in [0.717, 1.165) is 4.90 Å². The Morgan fingerprint density at radius 2 is 1.64 bits per heavy atom. The number of alkyl halides is 3. The number of hydrogen-bond donors (Lipinski definition) is 0. The van der Waals surface area contributed by atoms with Crippen molar-refractivity contribution in [3.05, 3.63) is 35.4 Å². The maximum atomic E-state index is 12.3. The zero-order chi connectivity index (χ0) is 16.1. The number of rotatable bonds is 3. The molecule has 0 spiro atoms. The van der Waals surface area contributed by atoms with Gasteiger partial charge in [0.15, 0.2) is 0 Å². The highest BCUT2D eigenvalue weighted by molar-refractivity contribution is 6.21. The highest BCUT2D eigenvalue weighted by atomic mass is 19.4. The van der Waals surface area contributed by atoms with Crippen LogP contribution in [-0.4, -0.2) is 53.3 Å². The van der Waals surface area contributed by atoms with E-state index in [0.29, 0.717) is 11.1 Å². The van der Waals surface area contributed by atoms with Gasteiger partial charge in [0.05, 0.1) is 23.4 Å². The van der Waals surface area contributed by atoms with Crippen LogP contribution in [0.1, 0.15) is 27.6 Å². The Morgan fingerprint density at radius 3 is 2.09 bits per heavy atom. The molecule has 0 bridgehead atoms. The van der Waals surface area contributed by atoms with Crippen LogP contribution in [0.3, 0.4) is 0 Å². The fraction of sp³-hybridized carbons (Fsp3) is 0.429. The molecule has 2 heterocycles. The molecular weight excluding hydrogens is 301 g/mol. The van der Waals surface area contributed by atoms with Crippen LogP contribution in [0.15, 0.2) is 24.3 Å². The highest BCUT2D eigenvalue weighted by Gasteiger charge is 2.45. The molecule has 5 nitrogen and oxygen atoms in total. The van der Waals surface area contributed by atoms with E-state index in [2.05, 4.69) is 4.74 Å². The molecule has 0 saturated carbocycles. The van der Waals surface area contributed by atoms with Crippen LogP contribution in [0.25, 0.3) is 0 Å². The van der Waals surface area contributed by atoms with Crippen LogP contribution in [-0.2, 0) is 4.74 Å². The van der Waals surface area contributed by atoms with Crippen LogP contribution in [0, 0.1) is 0 Å². The van der Waals surface area contributed by atoms with Crippen LogP contribution >= 0.6 is 0 Å². The third kappa shape index (κ3) is 2.48. The van der Waals surface area contributed by atoms with Crippen LogP contribution in [0.4, 0.5) is 13.2 Å². The first kappa shape index (κ1) is 15.0. The number of halogens is 3. The van der Waals surface area contributed by atoms with Crippen LogP contribution < -0.4 is 0 Å². The van der Waals surface area contributed by atoms with E-state index in [1.54, 1.807) is 36.1 Å². The van der Waals surface area contributed by atoms with Crippen LogP contribution in [0.2, 0.25) is 0 Å². The van der Waals surface area contributed by atoms with Crippen molar-refractivity contribution >= 4 is 11.8 Å². The topological polar surface area (TPSA) is 49.9 Å². The van der Waals surface area contributed by atoms with Crippen molar-refractivity contribution in [3.63, 3.8) is 0 Å². The number of hydrogen-bond acceptors (Lipinski definition) is 4. The Labute approximate surface area is 124 Å². The number of nitrogens with zero attached hydrogens (tertiary/aromatic N) is 2. The molecule has 1 saturated heterocycles. The van der Waals surface area contributed by atoms with Gasteiger partial charge in [-0.1, -0.05) is 12.1 Å². The molecule has 0 aliphatic carbocycles. The summed E-state index contributed by atoms with van der Waals surface area (Å²) in [6.07, 6.45) is -6.24. The van der Waals surface area contributed by atoms with Gasteiger partial charge in [-0.15, -0.1) is 13.2 Å². The average Bonchev–Trinajstić information content (AvgIpc) is 2.65. The number of carbonyl (C=O) groups excluding carboxylic acids is 2. The quantitative estimate of drug-likeness (QED) is 0.799. The Kier molecular flexibility index (Phi) is 3.45. The Morgan fingerprint density at radius 1 is 1.14 bits per heavy atom. The summed E-state index contributed by atoms with van der Waals surface area (Å²) in [4.78, 5) is 27.2. The van der Waals surface area contributed by atoms with E-state index in [-0.39, 0.29) is 13.1 Å². The molecule has 0 aromatic heterocycles. The van der Waals surface area contributed by atoms with Crippen molar-refractivity contribution in [2.75, 3.05) is 13.1 Å². The summed E-state index contributed by atoms with van der Waals surface area (Å²) in [6.45, 7) is 1.66. The lowest BCUT2D eigenvalue weighted by Gasteiger charge is -2.44. The number of benzene rings is 1. The first-order chi connectivity index (χ1) is 10.3. The van der Waals surface area contributed by atoms with E-state index in [1.165, 1.54) is 0 Å². The summed E-state index contributed by atoms with van der Waals surface area (Å²) < 4.78 is 40.2. The summed E-state index contributed by atoms with van der Waals surface area (Å²) in [5, 5.41) is 0. The summed E-state index contributed by atoms with van der Waals surface area (Å²) in [6, 6.07) is 6.45. The second-order valence-electron chi connectivity index (χ2n) is 5.30. The second kappa shape index (κ2) is 5.06. The van der Waals surface area contributed by atoms with E-state index in [9.17, 15) is 22.8 Å². The normalized spacial score (nSPS) is 21.0. The summed E-state index contributed by atoms with van der Waals surface area (Å²) in [5.41, 5.74) is 0.644. The minimum Gasteiger partial charge on any atom is -0.286 e. The fourth-order valence-electron chi connectivity index (χ4n) is 2.75. The molecule has 0 N–H and O–H groups in total. The Bertz CT molecular complexity index is 591. The van der Waals surface area contributed by atoms with Gasteiger partial charge in [-0.25, -0.2) is 0 Å². The van der Waals surface area contributed by atoms with Gasteiger partial charge in [0.25, 0.3) is 11.8 Å². The standard InChI is InChI=1S/C14H13F3N2O3/c1-8(18-6-9(7-18)22-14(15,16)17)19-12(20)10-4-2-3-5-11(10)13(19)21/h2-5,8-9H,6-7H2,1H3. The lowest BCUT2D eigenvalue weighted by Crippen LogP contribution is -2.62. The van der Waals surface area contributed by atoms with Crippen molar-refractivity contribution in [2.24, 2.45) is 0 Å². The van der Waals surface area contributed by atoms with Crippen molar-refractivity contribution < 1.29 is 27.5 Å². The molecule has 118 valence electrons. The molecule has 22 heavy (non-hydrogen) atoms. The third-order valence-corrected chi connectivity index (χ3v) is 3.90. The Balaban J connectivity index is 1.67. The van der Waals surface area contributed by atoms with Gasteiger partial charge in [-0.3, -0.25) is 24.1 Å². The molecule has 1 aromatic carbocycles. The van der Waals surface area contributed by atoms with E-state index in [4.69, 9.17) is 0 Å². The zero-order valence-electron chi connectivity index (χ0n) is 11.6. The summed E-state index contributed by atoms with van der Waals surface area (Å²) >= 11 is 0. The minimum atomic E-state index is -4.67. The zero-order valence-corrected chi connectivity index (χ0v) is 11.6. The average molecular weight is 314 g/mol. The number of likely N-dealkylation sites (tertiary alicyclic amines) is 1. The van der Waals surface area contributed by atoms with Gasteiger partial charge in [-0.2, -0.15) is 0 Å². The van der Waals surface area contributed by atoms with Crippen LogP contribution in [0.5, 0.6) is 0 Å². The maximum absolute atomic E-state index is 12.3. The molecule has 1 atom stereocenters. The molecule has 3 rings (SSSR count). The molecule has 1 unspecified atom stereocenters. The highest BCUT2D eigenvalue weighted by Crippen LogP contribution is 2.29. The largest absolute Gasteiger partial charge is 0.522 e. The molecular formula is C14H13F3N2O3. The SMILES string of the molecule is CC(N1CC(OC(F)(F)F)C1)N1C(=O)c2ccccc2C1=O. The lowest BCUT2D eigenvalue weighted by molar-refractivity contribution is -0.356. The van der Waals surface area contributed by atoms with Crippen molar-refractivity contribution in [1.29, 1.82) is 0 Å². The number of fused-ring (bicyclic) bond motifs is 1. The first-order valence-corrected chi connectivity index (χ1v) is 6.73. The second-order valence-corrected chi connectivity index (χ2v) is 5.30. The number of ether oxygens (including phenoxy) is 1. The smallest absolute Gasteiger partial charge is 0.286 e. The number of amides is 2. The van der Waals surface area contributed by atoms with Gasteiger partial charge in [-0.05, 0) is 19.1 Å². The molecule has 2 aliphatic heterocycles. The fourth-order valence-corrected chi connectivity index (χ4v) is 2.75. The first-order valence-electron chi connectivity index (χ1n) is 6.73. The molecule has 0 radical (unpaired) electrons. The van der Waals surface area contributed by atoms with Gasteiger partial charge in [0.1, 0.15) is 0 Å². The van der Waals surface area contributed by atoms with Crippen molar-refractivity contribution in [1.82, 2.24) is 9.80 Å². The maximum Gasteiger partial charge on any atom is 0.522 e. The molecule has 2 amide bonds. The number of imide groups is 1. The van der Waals surface area contributed by atoms with Gasteiger partial charge in [0.2, 0.25) is 0 Å². The van der Waals surface area contributed by atoms with E-state index >= 15 is 0 Å². The third-order valence-electron chi connectivity index (χ3n) is 3.90. The molecule has 8 heteroatoms. The monoisotopic (exact) mass is 314 g/mol. The molecule has 1 aromatic rings. The lowest BCUT2D eigenvalue weighted by atomic mass is 10.1. The Hall–Kier alpha value is -1.93. The van der Waals surface area contributed by atoms with Crippen molar-refractivity contribution in [3.8, 4) is 0 Å². The van der Waals surface area contributed by atoms with Gasteiger partial charge in [0, 0.05) is 13.1 Å². The predicted octanol–water partition coefficient (Wildman–Crippen LogP) is 1.85.